The summed E-state index contributed by atoms with van der Waals surface area (Å²) in [5, 5.41) is 11.3. The fourth-order valence-corrected chi connectivity index (χ4v) is 3.80. The van der Waals surface area contributed by atoms with Crippen LogP contribution < -0.4 is 10.6 Å². The van der Waals surface area contributed by atoms with Crippen LogP contribution in [0, 0.1) is 0 Å². The molecular weight excluding hydrogens is 324 g/mol. The molecule has 0 aromatic carbocycles. The summed E-state index contributed by atoms with van der Waals surface area (Å²) in [6.07, 6.45) is 0.983. The third-order valence-corrected chi connectivity index (χ3v) is 4.77. The van der Waals surface area contributed by atoms with Crippen molar-refractivity contribution in [1.82, 2.24) is 5.32 Å². The molecule has 0 unspecified atom stereocenters. The first-order valence-electron chi connectivity index (χ1n) is 6.45. The summed E-state index contributed by atoms with van der Waals surface area (Å²) < 4.78 is 4.91. The van der Waals surface area contributed by atoms with Crippen LogP contribution in [-0.2, 0) is 4.74 Å². The highest BCUT2D eigenvalue weighted by atomic mass is 32.1. The van der Waals surface area contributed by atoms with E-state index in [0.29, 0.717) is 15.7 Å². The van der Waals surface area contributed by atoms with Crippen molar-refractivity contribution >= 4 is 51.0 Å². The zero-order valence-corrected chi connectivity index (χ0v) is 14.2. The van der Waals surface area contributed by atoms with E-state index in [1.807, 2.05) is 22.9 Å². The van der Waals surface area contributed by atoms with E-state index in [0.717, 1.165) is 23.4 Å². The summed E-state index contributed by atoms with van der Waals surface area (Å²) in [5.41, 5.74) is 1.41. The first kappa shape index (κ1) is 15.9. The molecule has 0 bridgehead atoms. The van der Waals surface area contributed by atoms with Gasteiger partial charge in [0.15, 0.2) is 5.11 Å². The van der Waals surface area contributed by atoms with Crippen molar-refractivity contribution in [1.29, 1.82) is 0 Å². The van der Waals surface area contributed by atoms with Gasteiger partial charge in [0.2, 0.25) is 0 Å². The Bertz CT molecular complexity index is 620. The van der Waals surface area contributed by atoms with Gasteiger partial charge in [-0.2, -0.15) is 0 Å². The molecule has 2 rings (SSSR count). The van der Waals surface area contributed by atoms with Gasteiger partial charge in [-0.05, 0) is 30.1 Å². The van der Waals surface area contributed by atoms with Crippen molar-refractivity contribution in [3.8, 4) is 10.4 Å². The van der Waals surface area contributed by atoms with Gasteiger partial charge in [0.1, 0.15) is 10.6 Å². The van der Waals surface area contributed by atoms with Crippen molar-refractivity contribution in [3.05, 3.63) is 28.5 Å². The maximum Gasteiger partial charge on any atom is 0.341 e. The molecule has 0 spiro atoms. The van der Waals surface area contributed by atoms with Gasteiger partial charge in [-0.15, -0.1) is 22.7 Å². The quantitative estimate of drug-likeness (QED) is 0.637. The molecule has 0 aliphatic rings. The Labute approximate surface area is 137 Å². The number of thiocarbonyl (C=S) groups is 1. The molecule has 2 aromatic heterocycles. The Morgan fingerprint density at radius 1 is 1.43 bits per heavy atom. The zero-order chi connectivity index (χ0) is 15.2. The van der Waals surface area contributed by atoms with Crippen LogP contribution in [-0.4, -0.2) is 24.7 Å². The minimum Gasteiger partial charge on any atom is -0.465 e. The number of rotatable bonds is 5. The van der Waals surface area contributed by atoms with E-state index in [-0.39, 0.29) is 5.97 Å². The summed E-state index contributed by atoms with van der Waals surface area (Å²) >= 11 is 8.26. The number of nitrogens with one attached hydrogen (secondary N) is 2. The average Bonchev–Trinajstić information content (AvgIpc) is 3.13. The number of hydrogen-bond donors (Lipinski definition) is 2. The predicted octanol–water partition coefficient (Wildman–Crippen LogP) is 3.96. The largest absolute Gasteiger partial charge is 0.465 e. The fourth-order valence-electron chi connectivity index (χ4n) is 1.75. The molecule has 0 amide bonds. The summed E-state index contributed by atoms with van der Waals surface area (Å²) in [7, 11) is 1.38. The minimum atomic E-state index is -0.361. The molecular formula is C14H16N2O2S3. The highest BCUT2D eigenvalue weighted by Gasteiger charge is 2.22. The SMILES string of the molecule is CCCNC(=S)Nc1scc(-c2cccs2)c1C(=O)OC. The van der Waals surface area contributed by atoms with Gasteiger partial charge in [-0.25, -0.2) is 4.79 Å². The minimum absolute atomic E-state index is 0.361. The van der Waals surface area contributed by atoms with Crippen LogP contribution in [0.2, 0.25) is 0 Å². The number of carbonyl (C=O) groups is 1. The third kappa shape index (κ3) is 3.81. The molecule has 0 atom stereocenters. The lowest BCUT2D eigenvalue weighted by molar-refractivity contribution is 0.0603. The number of thiophene rings is 2. The van der Waals surface area contributed by atoms with Crippen LogP contribution in [0.1, 0.15) is 23.7 Å². The van der Waals surface area contributed by atoms with Gasteiger partial charge in [0.05, 0.1) is 7.11 Å². The van der Waals surface area contributed by atoms with Crippen molar-refractivity contribution in [2.75, 3.05) is 19.0 Å². The molecule has 0 aliphatic carbocycles. The van der Waals surface area contributed by atoms with Crippen LogP contribution in [0.3, 0.4) is 0 Å². The highest BCUT2D eigenvalue weighted by Crippen LogP contribution is 2.38. The number of ether oxygens (including phenoxy) is 1. The first-order valence-corrected chi connectivity index (χ1v) is 8.62. The maximum atomic E-state index is 12.1. The summed E-state index contributed by atoms with van der Waals surface area (Å²) in [5.74, 6) is -0.361. The average molecular weight is 340 g/mol. The summed E-state index contributed by atoms with van der Waals surface area (Å²) in [6, 6.07) is 3.94. The van der Waals surface area contributed by atoms with Gasteiger partial charge < -0.3 is 15.4 Å². The van der Waals surface area contributed by atoms with Crippen LogP contribution in [0.25, 0.3) is 10.4 Å². The Hall–Kier alpha value is -1.44. The molecule has 2 aromatic rings. The van der Waals surface area contributed by atoms with Crippen molar-refractivity contribution < 1.29 is 9.53 Å². The second kappa shape index (κ2) is 7.53. The zero-order valence-electron chi connectivity index (χ0n) is 11.8. The van der Waals surface area contributed by atoms with E-state index in [1.165, 1.54) is 18.4 Å². The van der Waals surface area contributed by atoms with E-state index >= 15 is 0 Å². The smallest absolute Gasteiger partial charge is 0.341 e. The topological polar surface area (TPSA) is 50.4 Å². The lowest BCUT2D eigenvalue weighted by atomic mass is 10.1. The Balaban J connectivity index is 2.29. The normalized spacial score (nSPS) is 10.2. The van der Waals surface area contributed by atoms with E-state index in [2.05, 4.69) is 17.6 Å². The van der Waals surface area contributed by atoms with Crippen LogP contribution in [0.5, 0.6) is 0 Å². The molecule has 0 saturated carbocycles. The van der Waals surface area contributed by atoms with Gasteiger partial charge >= 0.3 is 5.97 Å². The second-order valence-corrected chi connectivity index (χ2v) is 6.44. The van der Waals surface area contributed by atoms with Crippen molar-refractivity contribution in [2.24, 2.45) is 0 Å². The lowest BCUT2D eigenvalue weighted by Crippen LogP contribution is -2.29. The number of carbonyl (C=O) groups excluding carboxylic acids is 1. The molecule has 112 valence electrons. The Morgan fingerprint density at radius 2 is 2.24 bits per heavy atom. The number of hydrogen-bond acceptors (Lipinski definition) is 5. The Kier molecular flexibility index (Phi) is 5.72. The summed E-state index contributed by atoms with van der Waals surface area (Å²) in [6.45, 7) is 2.86. The monoisotopic (exact) mass is 340 g/mol. The Morgan fingerprint density at radius 3 is 2.86 bits per heavy atom. The van der Waals surface area contributed by atoms with Crippen LogP contribution in [0.4, 0.5) is 5.00 Å². The van der Waals surface area contributed by atoms with Crippen molar-refractivity contribution in [2.45, 2.75) is 13.3 Å². The van der Waals surface area contributed by atoms with Crippen LogP contribution >= 0.6 is 34.9 Å². The number of anilines is 1. The molecule has 4 nitrogen and oxygen atoms in total. The fraction of sp³-hybridized carbons (Fsp3) is 0.286. The molecule has 21 heavy (non-hydrogen) atoms. The standard InChI is InChI=1S/C14H16N2O2S3/c1-3-6-15-14(19)16-12-11(13(17)18-2)9(8-21-12)10-5-4-7-20-10/h4-5,7-8H,3,6H2,1-2H3,(H2,15,16,19). The van der Waals surface area contributed by atoms with Gasteiger partial charge in [-0.3, -0.25) is 0 Å². The van der Waals surface area contributed by atoms with Gasteiger partial charge in [-0.1, -0.05) is 13.0 Å². The van der Waals surface area contributed by atoms with Gasteiger partial charge in [0.25, 0.3) is 0 Å². The predicted molar refractivity (Wildman–Crippen MR) is 93.5 cm³/mol. The number of esters is 1. The molecule has 2 heterocycles. The molecule has 7 heteroatoms. The third-order valence-electron chi connectivity index (χ3n) is 2.73. The van der Waals surface area contributed by atoms with Crippen molar-refractivity contribution in [3.63, 3.8) is 0 Å². The van der Waals surface area contributed by atoms with Crippen LogP contribution in [0.15, 0.2) is 22.9 Å². The molecule has 0 fully saturated rings. The number of methoxy groups -OCH3 is 1. The second-order valence-electron chi connectivity index (χ2n) is 4.20. The first-order chi connectivity index (χ1) is 10.2. The maximum absolute atomic E-state index is 12.1. The van der Waals surface area contributed by atoms with E-state index in [9.17, 15) is 4.79 Å². The van der Waals surface area contributed by atoms with E-state index < -0.39 is 0 Å². The molecule has 0 aliphatic heterocycles. The lowest BCUT2D eigenvalue weighted by Gasteiger charge is -2.10. The highest BCUT2D eigenvalue weighted by molar-refractivity contribution is 7.80. The molecule has 0 radical (unpaired) electrons. The summed E-state index contributed by atoms with van der Waals surface area (Å²) in [4.78, 5) is 13.1. The van der Waals surface area contributed by atoms with Gasteiger partial charge in [0, 0.05) is 22.4 Å². The van der Waals surface area contributed by atoms with E-state index in [4.69, 9.17) is 17.0 Å². The molecule has 0 saturated heterocycles. The molecule has 2 N–H and O–H groups in total. The van der Waals surface area contributed by atoms with E-state index in [1.54, 1.807) is 11.3 Å².